The zero-order chi connectivity index (χ0) is 18.6. The van der Waals surface area contributed by atoms with Gasteiger partial charge in [0.05, 0.1) is 23.9 Å². The van der Waals surface area contributed by atoms with Crippen LogP contribution in [0.2, 0.25) is 0 Å². The Kier molecular flexibility index (Phi) is 5.57. The number of anilines is 1. The molecule has 1 amide bonds. The number of amides is 1. The summed E-state index contributed by atoms with van der Waals surface area (Å²) in [5, 5.41) is 3.06. The highest BCUT2D eigenvalue weighted by atomic mass is 16.5. The van der Waals surface area contributed by atoms with Gasteiger partial charge in [0.25, 0.3) is 0 Å². The molecule has 1 N–H and O–H groups in total. The summed E-state index contributed by atoms with van der Waals surface area (Å²) in [5.41, 5.74) is 3.25. The zero-order valence-electron chi connectivity index (χ0n) is 15.7. The Balaban J connectivity index is 1.86. The van der Waals surface area contributed by atoms with Crippen molar-refractivity contribution < 1.29 is 14.3 Å². The number of nitrogens with zero attached hydrogens (tertiary/aromatic N) is 1. The van der Waals surface area contributed by atoms with E-state index in [0.29, 0.717) is 44.2 Å². The average molecular weight is 354 g/mol. The van der Waals surface area contributed by atoms with Crippen molar-refractivity contribution in [2.24, 2.45) is 0 Å². The van der Waals surface area contributed by atoms with Crippen LogP contribution in [0.3, 0.4) is 0 Å². The fourth-order valence-corrected chi connectivity index (χ4v) is 3.41. The first-order chi connectivity index (χ1) is 12.5. The molecule has 2 aromatic rings. The van der Waals surface area contributed by atoms with E-state index in [-0.39, 0.29) is 5.91 Å². The minimum atomic E-state index is -0.571. The molecule has 1 aliphatic heterocycles. The minimum absolute atomic E-state index is 0.00462. The standard InChI is InChI=1S/C21H26N2O3/c1-4-26-19-16(3)13-18(14-22-19)23-20(24)21(9-11-25-12-10-21)17-7-5-15(2)6-8-17/h5-8,13-14H,4,9-12H2,1-3H3,(H,23,24). The van der Waals surface area contributed by atoms with Gasteiger partial charge in [-0.25, -0.2) is 4.98 Å². The molecular weight excluding hydrogens is 328 g/mol. The Bertz CT molecular complexity index is 765. The highest BCUT2D eigenvalue weighted by Gasteiger charge is 2.41. The van der Waals surface area contributed by atoms with Gasteiger partial charge in [-0.05, 0) is 45.2 Å². The predicted molar refractivity (Wildman–Crippen MR) is 102 cm³/mol. The lowest BCUT2D eigenvalue weighted by Crippen LogP contribution is -2.44. The van der Waals surface area contributed by atoms with E-state index >= 15 is 0 Å². The number of aryl methyl sites for hydroxylation is 2. The molecule has 0 radical (unpaired) electrons. The van der Waals surface area contributed by atoms with Crippen molar-refractivity contribution in [1.82, 2.24) is 4.98 Å². The number of ether oxygens (including phenoxy) is 2. The highest BCUT2D eigenvalue weighted by molar-refractivity contribution is 5.99. The molecular formula is C21H26N2O3. The van der Waals surface area contributed by atoms with Gasteiger partial charge in [0.15, 0.2) is 0 Å². The molecule has 1 aliphatic rings. The maximum absolute atomic E-state index is 13.3. The summed E-state index contributed by atoms with van der Waals surface area (Å²) in [7, 11) is 0. The molecule has 26 heavy (non-hydrogen) atoms. The van der Waals surface area contributed by atoms with E-state index < -0.39 is 5.41 Å². The number of benzene rings is 1. The van der Waals surface area contributed by atoms with Crippen molar-refractivity contribution in [2.75, 3.05) is 25.1 Å². The third-order valence-electron chi connectivity index (χ3n) is 4.95. The van der Waals surface area contributed by atoms with E-state index in [4.69, 9.17) is 9.47 Å². The van der Waals surface area contributed by atoms with Crippen LogP contribution in [0.4, 0.5) is 5.69 Å². The lowest BCUT2D eigenvalue weighted by Gasteiger charge is -2.36. The zero-order valence-corrected chi connectivity index (χ0v) is 15.7. The number of carbonyl (C=O) groups is 1. The van der Waals surface area contributed by atoms with Gasteiger partial charge in [0.2, 0.25) is 11.8 Å². The summed E-state index contributed by atoms with van der Waals surface area (Å²) in [6.45, 7) is 7.64. The van der Waals surface area contributed by atoms with Gasteiger partial charge in [0, 0.05) is 18.8 Å². The number of hydrogen-bond donors (Lipinski definition) is 1. The third kappa shape index (κ3) is 3.73. The first-order valence-electron chi connectivity index (χ1n) is 9.11. The Morgan fingerprint density at radius 3 is 2.54 bits per heavy atom. The maximum atomic E-state index is 13.3. The summed E-state index contributed by atoms with van der Waals surface area (Å²) in [5.74, 6) is 0.597. The minimum Gasteiger partial charge on any atom is -0.478 e. The highest BCUT2D eigenvalue weighted by Crippen LogP contribution is 2.36. The molecule has 0 atom stereocenters. The first-order valence-corrected chi connectivity index (χ1v) is 9.11. The van der Waals surface area contributed by atoms with Crippen molar-refractivity contribution in [3.8, 4) is 5.88 Å². The van der Waals surface area contributed by atoms with Gasteiger partial charge < -0.3 is 14.8 Å². The van der Waals surface area contributed by atoms with Crippen molar-refractivity contribution in [1.29, 1.82) is 0 Å². The molecule has 0 bridgehead atoms. The molecule has 1 saturated heterocycles. The van der Waals surface area contributed by atoms with Crippen LogP contribution >= 0.6 is 0 Å². The Labute approximate surface area is 154 Å². The lowest BCUT2D eigenvalue weighted by molar-refractivity contribution is -0.125. The summed E-state index contributed by atoms with van der Waals surface area (Å²) in [6.07, 6.45) is 2.99. The number of carbonyl (C=O) groups excluding carboxylic acids is 1. The summed E-state index contributed by atoms with van der Waals surface area (Å²) in [4.78, 5) is 17.6. The van der Waals surface area contributed by atoms with E-state index in [1.165, 1.54) is 5.56 Å². The van der Waals surface area contributed by atoms with Crippen molar-refractivity contribution >= 4 is 11.6 Å². The molecule has 1 fully saturated rings. The molecule has 5 heteroatoms. The first kappa shape index (κ1) is 18.4. The fourth-order valence-electron chi connectivity index (χ4n) is 3.41. The molecule has 5 nitrogen and oxygen atoms in total. The van der Waals surface area contributed by atoms with E-state index in [1.54, 1.807) is 6.20 Å². The largest absolute Gasteiger partial charge is 0.478 e. The van der Waals surface area contributed by atoms with Gasteiger partial charge in [0.1, 0.15) is 0 Å². The molecule has 0 spiro atoms. The van der Waals surface area contributed by atoms with Crippen LogP contribution in [-0.4, -0.2) is 30.7 Å². The van der Waals surface area contributed by atoms with E-state index in [2.05, 4.69) is 41.5 Å². The Morgan fingerprint density at radius 2 is 1.92 bits per heavy atom. The molecule has 1 aromatic carbocycles. The topological polar surface area (TPSA) is 60.5 Å². The quantitative estimate of drug-likeness (QED) is 0.887. The second-order valence-corrected chi connectivity index (χ2v) is 6.79. The van der Waals surface area contributed by atoms with Crippen molar-refractivity contribution in [2.45, 2.75) is 39.0 Å². The molecule has 0 unspecified atom stereocenters. The summed E-state index contributed by atoms with van der Waals surface area (Å²) in [6, 6.07) is 10.1. The van der Waals surface area contributed by atoms with Gasteiger partial charge in [-0.1, -0.05) is 29.8 Å². The van der Waals surface area contributed by atoms with Gasteiger partial charge >= 0.3 is 0 Å². The van der Waals surface area contributed by atoms with Gasteiger partial charge in [-0.2, -0.15) is 0 Å². The van der Waals surface area contributed by atoms with Crippen molar-refractivity contribution in [3.05, 3.63) is 53.2 Å². The van der Waals surface area contributed by atoms with Crippen LogP contribution in [0.5, 0.6) is 5.88 Å². The molecule has 0 saturated carbocycles. The number of rotatable bonds is 5. The molecule has 1 aromatic heterocycles. The molecule has 0 aliphatic carbocycles. The lowest BCUT2D eigenvalue weighted by atomic mass is 9.73. The van der Waals surface area contributed by atoms with Crippen LogP contribution in [0, 0.1) is 13.8 Å². The predicted octanol–water partition coefficient (Wildman–Crippen LogP) is 3.78. The fraction of sp³-hybridized carbons (Fsp3) is 0.429. The monoisotopic (exact) mass is 354 g/mol. The SMILES string of the molecule is CCOc1ncc(NC(=O)C2(c3ccc(C)cc3)CCOCC2)cc1C. The number of pyridine rings is 1. The van der Waals surface area contributed by atoms with E-state index in [0.717, 1.165) is 11.1 Å². The smallest absolute Gasteiger partial charge is 0.235 e. The summed E-state index contributed by atoms with van der Waals surface area (Å²) >= 11 is 0. The van der Waals surface area contributed by atoms with Crippen LogP contribution in [-0.2, 0) is 14.9 Å². The van der Waals surface area contributed by atoms with Crippen molar-refractivity contribution in [3.63, 3.8) is 0 Å². The maximum Gasteiger partial charge on any atom is 0.235 e. The molecule has 138 valence electrons. The Hall–Kier alpha value is -2.40. The molecule has 2 heterocycles. The average Bonchev–Trinajstić information content (AvgIpc) is 2.65. The normalized spacial score (nSPS) is 16.1. The second kappa shape index (κ2) is 7.87. The number of nitrogens with one attached hydrogen (secondary N) is 1. The third-order valence-corrected chi connectivity index (χ3v) is 4.95. The van der Waals surface area contributed by atoms with Gasteiger partial charge in [-0.15, -0.1) is 0 Å². The van der Waals surface area contributed by atoms with Crippen LogP contribution in [0.1, 0.15) is 36.5 Å². The van der Waals surface area contributed by atoms with Crippen LogP contribution in [0.15, 0.2) is 36.5 Å². The second-order valence-electron chi connectivity index (χ2n) is 6.79. The molecule has 3 rings (SSSR count). The Morgan fingerprint density at radius 1 is 1.23 bits per heavy atom. The number of hydrogen-bond acceptors (Lipinski definition) is 4. The number of aromatic nitrogens is 1. The van der Waals surface area contributed by atoms with Crippen LogP contribution < -0.4 is 10.1 Å². The van der Waals surface area contributed by atoms with E-state index in [9.17, 15) is 4.79 Å². The van der Waals surface area contributed by atoms with Gasteiger partial charge in [-0.3, -0.25) is 4.79 Å². The summed E-state index contributed by atoms with van der Waals surface area (Å²) < 4.78 is 11.0. The van der Waals surface area contributed by atoms with E-state index in [1.807, 2.05) is 19.9 Å². The van der Waals surface area contributed by atoms with Crippen LogP contribution in [0.25, 0.3) is 0 Å².